The maximum atomic E-state index is 12.2. The van der Waals surface area contributed by atoms with Gasteiger partial charge in [-0.15, -0.1) is 11.8 Å². The number of para-hydroxylation sites is 1. The fourth-order valence-corrected chi connectivity index (χ4v) is 4.15. The average Bonchev–Trinajstić information content (AvgIpc) is 2.79. The monoisotopic (exact) mass is 441 g/mol. The van der Waals surface area contributed by atoms with Crippen LogP contribution >= 0.6 is 11.8 Å². The minimum absolute atomic E-state index is 0.0747. The highest BCUT2D eigenvalue weighted by Crippen LogP contribution is 2.36. The molecule has 2 aromatic carbocycles. The lowest BCUT2D eigenvalue weighted by Gasteiger charge is -2.14. The molecule has 0 aliphatic rings. The summed E-state index contributed by atoms with van der Waals surface area (Å²) in [4.78, 5) is 16.5. The van der Waals surface area contributed by atoms with Gasteiger partial charge in [-0.1, -0.05) is 56.3 Å². The molecular formula is C25H23N5OS. The van der Waals surface area contributed by atoms with Crippen molar-refractivity contribution >= 4 is 29.2 Å². The normalized spacial score (nSPS) is 10.4. The van der Waals surface area contributed by atoms with Crippen LogP contribution in [0.3, 0.4) is 0 Å². The Kier molecular flexibility index (Phi) is 7.49. The van der Waals surface area contributed by atoms with E-state index in [4.69, 9.17) is 5.73 Å². The number of pyridine rings is 1. The summed E-state index contributed by atoms with van der Waals surface area (Å²) in [6.07, 6.45) is 0.241. The minimum Gasteiger partial charge on any atom is -0.383 e. The number of amides is 1. The van der Waals surface area contributed by atoms with Crippen LogP contribution in [0.15, 0.2) is 59.6 Å². The molecule has 0 aliphatic carbocycles. The van der Waals surface area contributed by atoms with Gasteiger partial charge in [0.15, 0.2) is 0 Å². The van der Waals surface area contributed by atoms with Crippen LogP contribution in [0.25, 0.3) is 11.1 Å². The fraction of sp³-hybridized carbons (Fsp3) is 0.200. The van der Waals surface area contributed by atoms with Crippen LogP contribution in [0.2, 0.25) is 0 Å². The van der Waals surface area contributed by atoms with Gasteiger partial charge in [0, 0.05) is 23.4 Å². The number of nitrogen functional groups attached to an aromatic ring is 1. The number of anilines is 2. The maximum absolute atomic E-state index is 12.2. The number of nitrogens with two attached hydrogens (primary N) is 1. The lowest BCUT2D eigenvalue weighted by molar-refractivity contribution is -0.115. The molecule has 3 aromatic rings. The SMILES string of the molecule is CC(C)c1ccc(-c2c(C#N)c(N)nc(SCCC(=O)Nc3ccccc3)c2C#N)cc1. The number of nitrogens with one attached hydrogen (secondary N) is 1. The summed E-state index contributed by atoms with van der Waals surface area (Å²) in [6, 6.07) is 21.3. The van der Waals surface area contributed by atoms with Crippen LogP contribution < -0.4 is 11.1 Å². The van der Waals surface area contributed by atoms with E-state index in [9.17, 15) is 15.3 Å². The molecule has 3 rings (SSSR count). The fourth-order valence-electron chi connectivity index (χ4n) is 3.21. The number of hydrogen-bond acceptors (Lipinski definition) is 6. The van der Waals surface area contributed by atoms with Crippen LogP contribution in [0.5, 0.6) is 0 Å². The molecule has 32 heavy (non-hydrogen) atoms. The van der Waals surface area contributed by atoms with Gasteiger partial charge < -0.3 is 11.1 Å². The summed E-state index contributed by atoms with van der Waals surface area (Å²) in [7, 11) is 0. The smallest absolute Gasteiger partial charge is 0.225 e. The number of benzene rings is 2. The zero-order valence-corrected chi connectivity index (χ0v) is 18.7. The highest BCUT2D eigenvalue weighted by Gasteiger charge is 2.21. The Bertz CT molecular complexity index is 1190. The lowest BCUT2D eigenvalue weighted by Crippen LogP contribution is -2.12. The molecule has 0 radical (unpaired) electrons. The number of hydrogen-bond donors (Lipinski definition) is 2. The lowest BCUT2D eigenvalue weighted by atomic mass is 9.94. The van der Waals surface area contributed by atoms with E-state index in [2.05, 4.69) is 36.3 Å². The summed E-state index contributed by atoms with van der Waals surface area (Å²) >= 11 is 1.28. The molecule has 0 aliphatic heterocycles. The first-order valence-electron chi connectivity index (χ1n) is 10.2. The number of thioether (sulfide) groups is 1. The molecule has 0 bridgehead atoms. The van der Waals surface area contributed by atoms with Crippen LogP contribution in [0, 0.1) is 22.7 Å². The predicted octanol–water partition coefficient (Wildman–Crippen LogP) is 5.32. The summed E-state index contributed by atoms with van der Waals surface area (Å²) in [5.74, 6) is 0.724. The molecule has 1 amide bonds. The Morgan fingerprint density at radius 3 is 2.31 bits per heavy atom. The van der Waals surface area contributed by atoms with Gasteiger partial charge in [-0.05, 0) is 29.2 Å². The van der Waals surface area contributed by atoms with Crippen LogP contribution in [0.1, 0.15) is 42.9 Å². The van der Waals surface area contributed by atoms with E-state index in [1.54, 1.807) is 0 Å². The Hall–Kier alpha value is -3.81. The van der Waals surface area contributed by atoms with E-state index in [1.807, 2.05) is 54.6 Å². The van der Waals surface area contributed by atoms with Gasteiger partial charge in [-0.2, -0.15) is 10.5 Å². The Balaban J connectivity index is 1.85. The van der Waals surface area contributed by atoms with Gasteiger partial charge in [0.05, 0.1) is 5.56 Å². The van der Waals surface area contributed by atoms with Gasteiger partial charge in [0.25, 0.3) is 0 Å². The van der Waals surface area contributed by atoms with E-state index in [0.717, 1.165) is 16.8 Å². The molecule has 160 valence electrons. The third kappa shape index (κ3) is 5.26. The molecule has 1 aromatic heterocycles. The van der Waals surface area contributed by atoms with Gasteiger partial charge in [-0.25, -0.2) is 4.98 Å². The molecule has 1 heterocycles. The van der Waals surface area contributed by atoms with Crippen molar-refractivity contribution in [3.8, 4) is 23.3 Å². The first-order chi connectivity index (χ1) is 15.4. The van der Waals surface area contributed by atoms with Gasteiger partial charge in [0.2, 0.25) is 5.91 Å². The number of nitrogens with zero attached hydrogens (tertiary/aromatic N) is 3. The molecule has 0 fully saturated rings. The Morgan fingerprint density at radius 2 is 1.72 bits per heavy atom. The Morgan fingerprint density at radius 1 is 1.06 bits per heavy atom. The van der Waals surface area contributed by atoms with Gasteiger partial charge in [-0.3, -0.25) is 4.79 Å². The van der Waals surface area contributed by atoms with Crippen molar-refractivity contribution in [1.82, 2.24) is 4.98 Å². The second-order valence-corrected chi connectivity index (χ2v) is 8.52. The zero-order chi connectivity index (χ0) is 23.1. The molecule has 7 heteroatoms. The van der Waals surface area contributed by atoms with E-state index in [1.165, 1.54) is 11.8 Å². The van der Waals surface area contributed by atoms with Crippen molar-refractivity contribution in [3.63, 3.8) is 0 Å². The van der Waals surface area contributed by atoms with Crippen molar-refractivity contribution in [2.24, 2.45) is 0 Å². The van der Waals surface area contributed by atoms with Gasteiger partial charge in [0.1, 0.15) is 28.5 Å². The molecule has 0 saturated heterocycles. The maximum Gasteiger partial charge on any atom is 0.225 e. The third-order valence-corrected chi connectivity index (χ3v) is 5.88. The van der Waals surface area contributed by atoms with E-state index in [0.29, 0.717) is 27.8 Å². The highest BCUT2D eigenvalue weighted by molar-refractivity contribution is 7.99. The summed E-state index contributed by atoms with van der Waals surface area (Å²) in [5.41, 5.74) is 9.65. The van der Waals surface area contributed by atoms with E-state index >= 15 is 0 Å². The second kappa shape index (κ2) is 10.5. The van der Waals surface area contributed by atoms with E-state index in [-0.39, 0.29) is 23.7 Å². The van der Waals surface area contributed by atoms with E-state index < -0.39 is 0 Å². The van der Waals surface area contributed by atoms with Crippen molar-refractivity contribution in [2.45, 2.75) is 31.2 Å². The minimum atomic E-state index is -0.131. The number of carbonyl (C=O) groups excluding carboxylic acids is 1. The number of nitriles is 2. The van der Waals surface area contributed by atoms with Crippen LogP contribution in [-0.4, -0.2) is 16.6 Å². The predicted molar refractivity (Wildman–Crippen MR) is 128 cm³/mol. The molecular weight excluding hydrogens is 418 g/mol. The molecule has 0 saturated carbocycles. The number of carbonyl (C=O) groups is 1. The Labute approximate surface area is 192 Å². The second-order valence-electron chi connectivity index (χ2n) is 7.44. The highest BCUT2D eigenvalue weighted by atomic mass is 32.2. The average molecular weight is 442 g/mol. The largest absolute Gasteiger partial charge is 0.383 e. The van der Waals surface area contributed by atoms with Gasteiger partial charge >= 0.3 is 0 Å². The quantitative estimate of drug-likeness (QED) is 0.480. The summed E-state index contributed by atoms with van der Waals surface area (Å²) in [6.45, 7) is 4.20. The summed E-state index contributed by atoms with van der Waals surface area (Å²) < 4.78 is 0. The van der Waals surface area contributed by atoms with Crippen molar-refractivity contribution in [1.29, 1.82) is 10.5 Å². The topological polar surface area (TPSA) is 116 Å². The van der Waals surface area contributed by atoms with Crippen molar-refractivity contribution in [2.75, 3.05) is 16.8 Å². The summed E-state index contributed by atoms with van der Waals surface area (Å²) in [5, 5.41) is 22.8. The molecule has 6 nitrogen and oxygen atoms in total. The van der Waals surface area contributed by atoms with Crippen molar-refractivity contribution < 1.29 is 4.79 Å². The van der Waals surface area contributed by atoms with Crippen molar-refractivity contribution in [3.05, 3.63) is 71.3 Å². The first kappa shape index (κ1) is 22.9. The standard InChI is InChI=1S/C25H23N5OS/c1-16(2)17-8-10-18(11-9-17)23-20(14-26)24(28)30-25(21(23)15-27)32-13-12-22(31)29-19-6-4-3-5-7-19/h3-11,16H,12-13H2,1-2H3,(H2,28,30)(H,29,31). The molecule has 3 N–H and O–H groups in total. The van der Waals surface area contributed by atoms with Crippen LogP contribution in [-0.2, 0) is 4.79 Å². The molecule has 0 unspecified atom stereocenters. The third-order valence-electron chi connectivity index (χ3n) is 4.91. The number of aromatic nitrogens is 1. The molecule has 0 atom stereocenters. The first-order valence-corrected chi connectivity index (χ1v) is 11.1. The van der Waals surface area contributed by atoms with Crippen LogP contribution in [0.4, 0.5) is 11.5 Å². The zero-order valence-electron chi connectivity index (χ0n) is 17.9. The number of rotatable bonds is 7. The molecule has 0 spiro atoms.